The van der Waals surface area contributed by atoms with E-state index >= 15 is 0 Å². The van der Waals surface area contributed by atoms with Crippen molar-refractivity contribution in [2.24, 2.45) is 5.92 Å². The Kier molecular flexibility index (Phi) is 7.34. The zero-order valence-electron chi connectivity index (χ0n) is 12.5. The molecule has 1 aromatic heterocycles. The molecule has 1 aromatic rings. The Labute approximate surface area is 130 Å². The second-order valence-corrected chi connectivity index (χ2v) is 8.13. The Morgan fingerprint density at radius 1 is 1.33 bits per heavy atom. The highest BCUT2D eigenvalue weighted by Crippen LogP contribution is 2.22. The third-order valence-corrected chi connectivity index (χ3v) is 6.62. The molecule has 0 saturated heterocycles. The highest BCUT2D eigenvalue weighted by Gasteiger charge is 2.17. The number of thiophene rings is 1. The van der Waals surface area contributed by atoms with Crippen molar-refractivity contribution in [1.29, 1.82) is 0 Å². The Hall–Kier alpha value is -0.920. The number of carbonyl (C=O) groups is 1. The maximum Gasteiger partial charge on any atom is 0.303 e. The molecule has 1 atom stereocenters. The summed E-state index contributed by atoms with van der Waals surface area (Å²) in [5, 5.41) is 8.68. The van der Waals surface area contributed by atoms with Crippen LogP contribution >= 0.6 is 11.3 Å². The maximum atomic E-state index is 12.1. The number of hydrogen-bond acceptors (Lipinski definition) is 4. The van der Waals surface area contributed by atoms with E-state index in [2.05, 4.69) is 4.72 Å². The molecule has 0 radical (unpaired) electrons. The average molecular weight is 333 g/mol. The van der Waals surface area contributed by atoms with E-state index in [1.807, 2.05) is 19.9 Å². The lowest BCUT2D eigenvalue weighted by atomic mass is 9.97. The average Bonchev–Trinajstić information content (AvgIpc) is 2.92. The Balaban J connectivity index is 2.47. The second-order valence-electron chi connectivity index (χ2n) is 4.97. The van der Waals surface area contributed by atoms with Crippen molar-refractivity contribution in [3.63, 3.8) is 0 Å². The van der Waals surface area contributed by atoms with Gasteiger partial charge in [0, 0.05) is 17.8 Å². The van der Waals surface area contributed by atoms with Crippen molar-refractivity contribution in [2.75, 3.05) is 6.54 Å². The molecule has 0 aromatic carbocycles. The van der Waals surface area contributed by atoms with Gasteiger partial charge in [-0.2, -0.15) is 0 Å². The fraction of sp³-hybridized carbons (Fsp3) is 0.643. The number of nitrogens with one attached hydrogen (secondary N) is 1. The maximum absolute atomic E-state index is 12.1. The first kappa shape index (κ1) is 18.1. The zero-order chi connectivity index (χ0) is 15.9. The molecular formula is C14H23NO4S2. The number of rotatable bonds is 10. The van der Waals surface area contributed by atoms with Crippen LogP contribution in [0.4, 0.5) is 0 Å². The van der Waals surface area contributed by atoms with Gasteiger partial charge in [0.15, 0.2) is 0 Å². The number of aryl methyl sites for hydroxylation is 1. The van der Waals surface area contributed by atoms with E-state index < -0.39 is 16.0 Å². The summed E-state index contributed by atoms with van der Waals surface area (Å²) in [5.41, 5.74) is 0. The summed E-state index contributed by atoms with van der Waals surface area (Å²) < 4.78 is 27.2. The van der Waals surface area contributed by atoms with Crippen LogP contribution in [0.5, 0.6) is 0 Å². The lowest BCUT2D eigenvalue weighted by Crippen LogP contribution is -2.25. The van der Waals surface area contributed by atoms with Gasteiger partial charge in [0.1, 0.15) is 4.21 Å². The number of carboxylic acids is 1. The molecule has 0 aliphatic carbocycles. The monoisotopic (exact) mass is 333 g/mol. The third-order valence-electron chi connectivity index (χ3n) is 3.44. The molecule has 0 aliphatic rings. The number of hydrogen-bond donors (Lipinski definition) is 2. The SMILES string of the molecule is CCc1ccc(S(=O)(=O)NCCC(CC)CCC(=O)O)s1. The first-order valence-corrected chi connectivity index (χ1v) is 9.49. The largest absolute Gasteiger partial charge is 0.481 e. The molecule has 0 saturated carbocycles. The van der Waals surface area contributed by atoms with Gasteiger partial charge < -0.3 is 5.11 Å². The molecule has 0 spiro atoms. The molecule has 0 amide bonds. The molecule has 5 nitrogen and oxygen atoms in total. The van der Waals surface area contributed by atoms with Crippen molar-refractivity contribution in [3.8, 4) is 0 Å². The van der Waals surface area contributed by atoms with Crippen molar-refractivity contribution in [2.45, 2.75) is 50.2 Å². The third kappa shape index (κ3) is 6.15. The number of carboxylic acid groups (broad SMARTS) is 1. The molecule has 1 rings (SSSR count). The molecule has 1 unspecified atom stereocenters. The van der Waals surface area contributed by atoms with Gasteiger partial charge in [-0.15, -0.1) is 11.3 Å². The molecule has 7 heteroatoms. The summed E-state index contributed by atoms with van der Waals surface area (Å²) in [6.45, 7) is 4.33. The normalized spacial score (nSPS) is 13.2. The van der Waals surface area contributed by atoms with Crippen molar-refractivity contribution in [3.05, 3.63) is 17.0 Å². The molecule has 0 bridgehead atoms. The molecular weight excluding hydrogens is 310 g/mol. The van der Waals surface area contributed by atoms with Crippen LogP contribution < -0.4 is 4.72 Å². The minimum atomic E-state index is -3.43. The van der Waals surface area contributed by atoms with Crippen molar-refractivity contribution in [1.82, 2.24) is 4.72 Å². The van der Waals surface area contributed by atoms with Crippen LogP contribution in [0.3, 0.4) is 0 Å². The zero-order valence-corrected chi connectivity index (χ0v) is 14.1. The summed E-state index contributed by atoms with van der Waals surface area (Å²) in [4.78, 5) is 11.6. The first-order chi connectivity index (χ1) is 9.89. The van der Waals surface area contributed by atoms with Crippen LogP contribution in [0, 0.1) is 5.92 Å². The van der Waals surface area contributed by atoms with E-state index in [1.54, 1.807) is 6.07 Å². The van der Waals surface area contributed by atoms with E-state index in [-0.39, 0.29) is 12.3 Å². The Morgan fingerprint density at radius 3 is 2.57 bits per heavy atom. The van der Waals surface area contributed by atoms with Gasteiger partial charge in [-0.05, 0) is 37.3 Å². The summed E-state index contributed by atoms with van der Waals surface area (Å²) in [6, 6.07) is 3.47. The lowest BCUT2D eigenvalue weighted by molar-refractivity contribution is -0.137. The van der Waals surface area contributed by atoms with Gasteiger partial charge in [0.05, 0.1) is 0 Å². The predicted octanol–water partition coefficient (Wildman–Crippen LogP) is 2.87. The molecule has 1 heterocycles. The topological polar surface area (TPSA) is 83.5 Å². The van der Waals surface area contributed by atoms with Gasteiger partial charge in [0.25, 0.3) is 0 Å². The van der Waals surface area contributed by atoms with Gasteiger partial charge >= 0.3 is 5.97 Å². The van der Waals surface area contributed by atoms with Crippen LogP contribution in [-0.2, 0) is 21.2 Å². The van der Waals surface area contributed by atoms with Crippen LogP contribution in [-0.4, -0.2) is 26.0 Å². The van der Waals surface area contributed by atoms with Crippen molar-refractivity contribution < 1.29 is 18.3 Å². The fourth-order valence-corrected chi connectivity index (χ4v) is 4.43. The standard InChI is InChI=1S/C14H23NO4S2/c1-3-11(5-7-13(16)17)9-10-15-21(18,19)14-8-6-12(4-2)20-14/h6,8,11,15H,3-5,7,9-10H2,1-2H3,(H,16,17). The molecule has 2 N–H and O–H groups in total. The minimum Gasteiger partial charge on any atom is -0.481 e. The van der Waals surface area contributed by atoms with Gasteiger partial charge in [-0.25, -0.2) is 13.1 Å². The smallest absolute Gasteiger partial charge is 0.303 e. The first-order valence-electron chi connectivity index (χ1n) is 7.19. The molecule has 120 valence electrons. The van der Waals surface area contributed by atoms with Crippen LogP contribution in [0.2, 0.25) is 0 Å². The van der Waals surface area contributed by atoms with E-state index in [0.717, 1.165) is 17.7 Å². The summed E-state index contributed by atoms with van der Waals surface area (Å²) >= 11 is 1.29. The number of sulfonamides is 1. The van der Waals surface area contributed by atoms with Crippen LogP contribution in [0.15, 0.2) is 16.3 Å². The predicted molar refractivity (Wildman–Crippen MR) is 84.2 cm³/mol. The molecule has 0 fully saturated rings. The Bertz CT molecular complexity index is 551. The quantitative estimate of drug-likeness (QED) is 0.689. The summed E-state index contributed by atoms with van der Waals surface area (Å²) in [7, 11) is -3.43. The van der Waals surface area contributed by atoms with Crippen molar-refractivity contribution >= 4 is 27.3 Å². The molecule has 21 heavy (non-hydrogen) atoms. The van der Waals surface area contributed by atoms with Gasteiger partial charge in [0.2, 0.25) is 10.0 Å². The highest BCUT2D eigenvalue weighted by atomic mass is 32.2. The minimum absolute atomic E-state index is 0.135. The van der Waals surface area contributed by atoms with E-state index in [1.165, 1.54) is 11.3 Å². The number of aliphatic carboxylic acids is 1. The lowest BCUT2D eigenvalue weighted by Gasteiger charge is -2.13. The second kappa shape index (κ2) is 8.51. The van der Waals surface area contributed by atoms with Gasteiger partial charge in [-0.3, -0.25) is 4.79 Å². The van der Waals surface area contributed by atoms with E-state index in [0.29, 0.717) is 23.6 Å². The van der Waals surface area contributed by atoms with Crippen LogP contribution in [0.1, 0.15) is 44.4 Å². The summed E-state index contributed by atoms with van der Waals surface area (Å²) in [5.74, 6) is -0.571. The highest BCUT2D eigenvalue weighted by molar-refractivity contribution is 7.91. The fourth-order valence-electron chi connectivity index (χ4n) is 2.04. The summed E-state index contributed by atoms with van der Waals surface area (Å²) in [6.07, 6.45) is 3.07. The van der Waals surface area contributed by atoms with Crippen LogP contribution in [0.25, 0.3) is 0 Å². The Morgan fingerprint density at radius 2 is 2.05 bits per heavy atom. The molecule has 0 aliphatic heterocycles. The van der Waals surface area contributed by atoms with Gasteiger partial charge in [-0.1, -0.05) is 20.3 Å². The van der Waals surface area contributed by atoms with E-state index in [4.69, 9.17) is 5.11 Å². The van der Waals surface area contributed by atoms with E-state index in [9.17, 15) is 13.2 Å².